The Labute approximate surface area is 165 Å². The number of ether oxygens (including phenoxy) is 1. The molecule has 5 nitrogen and oxygen atoms in total. The number of nitrogens with one attached hydrogen (secondary N) is 2. The van der Waals surface area contributed by atoms with Gasteiger partial charge in [0.15, 0.2) is 0 Å². The molecule has 0 radical (unpaired) electrons. The van der Waals surface area contributed by atoms with Crippen molar-refractivity contribution in [3.05, 3.63) is 76.3 Å². The van der Waals surface area contributed by atoms with Gasteiger partial charge < -0.3 is 15.4 Å². The summed E-state index contributed by atoms with van der Waals surface area (Å²) in [6.45, 7) is 0.316. The van der Waals surface area contributed by atoms with Crippen molar-refractivity contribution in [3.8, 4) is 5.75 Å². The Morgan fingerprint density at radius 2 is 1.70 bits per heavy atom. The molecule has 0 atom stereocenters. The van der Waals surface area contributed by atoms with Gasteiger partial charge in [0, 0.05) is 11.0 Å². The van der Waals surface area contributed by atoms with E-state index in [0.717, 1.165) is 22.1 Å². The van der Waals surface area contributed by atoms with Gasteiger partial charge >= 0.3 is 0 Å². The molecule has 0 saturated carbocycles. The summed E-state index contributed by atoms with van der Waals surface area (Å²) in [7, 11) is 1.64. The third kappa shape index (κ3) is 4.86. The predicted molar refractivity (Wildman–Crippen MR) is 109 cm³/mol. The number of methoxy groups -OCH3 is 1. The van der Waals surface area contributed by atoms with E-state index in [9.17, 15) is 9.59 Å². The average molecular weight is 427 g/mol. The van der Waals surface area contributed by atoms with E-state index >= 15 is 0 Å². The van der Waals surface area contributed by atoms with Crippen molar-refractivity contribution >= 4 is 38.5 Å². The largest absolute Gasteiger partial charge is 0.497 e. The quantitative estimate of drug-likeness (QED) is 0.631. The third-order valence-corrected chi connectivity index (χ3v) is 4.82. The Morgan fingerprint density at radius 1 is 0.963 bits per heavy atom. The normalized spacial score (nSPS) is 10.4. The lowest BCUT2D eigenvalue weighted by molar-refractivity contribution is -0.120. The maximum Gasteiger partial charge on any atom is 0.252 e. The molecular weight excluding hydrogens is 408 g/mol. The molecule has 3 rings (SSSR count). The lowest BCUT2D eigenvalue weighted by atomic mass is 10.1. The van der Waals surface area contributed by atoms with Gasteiger partial charge in [-0.1, -0.05) is 30.3 Å². The molecule has 0 aliphatic heterocycles. The van der Waals surface area contributed by atoms with Crippen LogP contribution in [-0.2, 0) is 11.3 Å². The Balaban J connectivity index is 1.54. The summed E-state index contributed by atoms with van der Waals surface area (Å²) in [5, 5.41) is 7.59. The monoisotopic (exact) mass is 426 g/mol. The van der Waals surface area contributed by atoms with E-state index in [1.54, 1.807) is 25.3 Å². The van der Waals surface area contributed by atoms with Crippen LogP contribution in [0, 0.1) is 0 Å². The van der Waals surface area contributed by atoms with Crippen molar-refractivity contribution in [2.45, 2.75) is 6.54 Å². The fraction of sp³-hybridized carbons (Fsp3) is 0.143. The van der Waals surface area contributed by atoms with E-state index in [4.69, 9.17) is 4.74 Å². The number of rotatable bonds is 6. The third-order valence-electron chi connectivity index (χ3n) is 4.13. The molecular formula is C21H19BrN2O3. The molecule has 138 valence electrons. The first-order valence-corrected chi connectivity index (χ1v) is 9.22. The highest BCUT2D eigenvalue weighted by atomic mass is 79.9. The number of halogens is 1. The number of fused-ring (bicyclic) bond motifs is 1. The van der Waals surface area contributed by atoms with Crippen molar-refractivity contribution in [1.82, 2.24) is 10.6 Å². The highest BCUT2D eigenvalue weighted by Gasteiger charge is 2.10. The molecule has 0 aromatic heterocycles. The Hall–Kier alpha value is -2.86. The zero-order chi connectivity index (χ0) is 19.2. The molecule has 0 bridgehead atoms. The molecule has 27 heavy (non-hydrogen) atoms. The topological polar surface area (TPSA) is 67.4 Å². The summed E-state index contributed by atoms with van der Waals surface area (Å²) in [5.74, 6) is 0.270. The second-order valence-corrected chi connectivity index (χ2v) is 6.84. The second-order valence-electron chi connectivity index (χ2n) is 5.99. The second kappa shape index (κ2) is 8.68. The van der Waals surface area contributed by atoms with E-state index in [0.29, 0.717) is 16.6 Å². The Kier molecular flexibility index (Phi) is 6.08. The van der Waals surface area contributed by atoms with Gasteiger partial charge in [0.05, 0.1) is 19.2 Å². The van der Waals surface area contributed by atoms with E-state index in [1.807, 2.05) is 42.5 Å². The molecule has 0 unspecified atom stereocenters. The minimum absolute atomic E-state index is 0.0784. The van der Waals surface area contributed by atoms with Gasteiger partial charge in [-0.25, -0.2) is 0 Å². The standard InChI is InChI=1S/C21H19BrN2O3/c1-27-17-9-8-15-10-14(6-7-16(15)11-17)12-23-20(25)13-24-21(26)18-4-2-3-5-19(18)22/h2-11H,12-13H2,1H3,(H,23,25)(H,24,26). The van der Waals surface area contributed by atoms with Gasteiger partial charge in [0.2, 0.25) is 5.91 Å². The molecule has 0 saturated heterocycles. The van der Waals surface area contributed by atoms with Crippen molar-refractivity contribution < 1.29 is 14.3 Å². The summed E-state index contributed by atoms with van der Waals surface area (Å²) in [5.41, 5.74) is 1.48. The molecule has 0 aliphatic carbocycles. The lowest BCUT2D eigenvalue weighted by Crippen LogP contribution is -2.36. The number of hydrogen-bond donors (Lipinski definition) is 2. The van der Waals surface area contributed by atoms with Crippen LogP contribution >= 0.6 is 15.9 Å². The van der Waals surface area contributed by atoms with E-state index in [-0.39, 0.29) is 18.4 Å². The maximum absolute atomic E-state index is 12.1. The van der Waals surface area contributed by atoms with Gasteiger partial charge in [-0.05, 0) is 62.6 Å². The summed E-state index contributed by atoms with van der Waals surface area (Å²) >= 11 is 3.32. The zero-order valence-electron chi connectivity index (χ0n) is 14.8. The van der Waals surface area contributed by atoms with Crippen molar-refractivity contribution in [2.75, 3.05) is 13.7 Å². The lowest BCUT2D eigenvalue weighted by Gasteiger charge is -2.09. The predicted octanol–water partition coefficient (Wildman–Crippen LogP) is 3.66. The molecule has 2 N–H and O–H groups in total. The van der Waals surface area contributed by atoms with Crippen LogP contribution in [0.15, 0.2) is 65.1 Å². The van der Waals surface area contributed by atoms with Crippen molar-refractivity contribution in [1.29, 1.82) is 0 Å². The van der Waals surface area contributed by atoms with Crippen LogP contribution in [0.4, 0.5) is 0 Å². The van der Waals surface area contributed by atoms with Crippen LogP contribution in [0.1, 0.15) is 15.9 Å². The summed E-state index contributed by atoms with van der Waals surface area (Å²) < 4.78 is 5.91. The first-order valence-electron chi connectivity index (χ1n) is 8.43. The highest BCUT2D eigenvalue weighted by molar-refractivity contribution is 9.10. The van der Waals surface area contributed by atoms with E-state index in [1.165, 1.54) is 0 Å². The van der Waals surface area contributed by atoms with Crippen LogP contribution < -0.4 is 15.4 Å². The average Bonchev–Trinajstić information content (AvgIpc) is 2.70. The first kappa shape index (κ1) is 18.9. The fourth-order valence-corrected chi connectivity index (χ4v) is 3.14. The van der Waals surface area contributed by atoms with Crippen LogP contribution in [-0.4, -0.2) is 25.5 Å². The summed E-state index contributed by atoms with van der Waals surface area (Å²) in [6.07, 6.45) is 0. The van der Waals surface area contributed by atoms with Crippen LogP contribution in [0.25, 0.3) is 10.8 Å². The number of benzene rings is 3. The first-order chi connectivity index (χ1) is 13.1. The number of carbonyl (C=O) groups excluding carboxylic acids is 2. The van der Waals surface area contributed by atoms with Gasteiger partial charge in [0.25, 0.3) is 5.91 Å². The molecule has 0 spiro atoms. The van der Waals surface area contributed by atoms with Crippen molar-refractivity contribution in [2.24, 2.45) is 0 Å². The molecule has 2 amide bonds. The van der Waals surface area contributed by atoms with Gasteiger partial charge in [-0.3, -0.25) is 9.59 Å². The fourth-order valence-electron chi connectivity index (χ4n) is 2.67. The summed E-state index contributed by atoms with van der Waals surface area (Å²) in [4.78, 5) is 24.1. The molecule has 0 heterocycles. The zero-order valence-corrected chi connectivity index (χ0v) is 16.4. The van der Waals surface area contributed by atoms with Crippen molar-refractivity contribution in [3.63, 3.8) is 0 Å². The molecule has 3 aromatic rings. The van der Waals surface area contributed by atoms with E-state index in [2.05, 4.69) is 26.6 Å². The van der Waals surface area contributed by atoms with Gasteiger partial charge in [-0.15, -0.1) is 0 Å². The number of amides is 2. The molecule has 0 aliphatic rings. The Morgan fingerprint density at radius 3 is 2.48 bits per heavy atom. The van der Waals surface area contributed by atoms with Crippen LogP contribution in [0.3, 0.4) is 0 Å². The smallest absolute Gasteiger partial charge is 0.252 e. The minimum atomic E-state index is -0.294. The van der Waals surface area contributed by atoms with Crippen LogP contribution in [0.5, 0.6) is 5.75 Å². The molecule has 6 heteroatoms. The van der Waals surface area contributed by atoms with Gasteiger partial charge in [0.1, 0.15) is 5.75 Å². The molecule has 0 fully saturated rings. The van der Waals surface area contributed by atoms with Crippen LogP contribution in [0.2, 0.25) is 0 Å². The number of hydrogen-bond acceptors (Lipinski definition) is 3. The summed E-state index contributed by atoms with van der Waals surface area (Å²) in [6, 6.07) is 18.9. The van der Waals surface area contributed by atoms with E-state index < -0.39 is 0 Å². The SMILES string of the molecule is COc1ccc2cc(CNC(=O)CNC(=O)c3ccccc3Br)ccc2c1. The van der Waals surface area contributed by atoms with Gasteiger partial charge in [-0.2, -0.15) is 0 Å². The Bertz CT molecular complexity index is 988. The molecule has 3 aromatic carbocycles. The number of carbonyl (C=O) groups is 2. The maximum atomic E-state index is 12.1. The highest BCUT2D eigenvalue weighted by Crippen LogP contribution is 2.21. The minimum Gasteiger partial charge on any atom is -0.497 e.